The summed E-state index contributed by atoms with van der Waals surface area (Å²) >= 11 is 0. The summed E-state index contributed by atoms with van der Waals surface area (Å²) in [6.45, 7) is 10.9. The molecule has 10 nitrogen and oxygen atoms in total. The van der Waals surface area contributed by atoms with E-state index in [-0.39, 0.29) is 11.3 Å². The van der Waals surface area contributed by atoms with Crippen molar-refractivity contribution in [2.75, 3.05) is 36.5 Å². The van der Waals surface area contributed by atoms with Crippen molar-refractivity contribution in [1.82, 2.24) is 9.55 Å². The summed E-state index contributed by atoms with van der Waals surface area (Å²) in [5.41, 5.74) is 2.97. The number of aromatic nitrogens is 2. The van der Waals surface area contributed by atoms with Gasteiger partial charge in [-0.05, 0) is 45.9 Å². The van der Waals surface area contributed by atoms with Gasteiger partial charge in [0.25, 0.3) is 5.91 Å². The number of hydrogen-bond acceptors (Lipinski definition) is 7. The molecule has 10 heteroatoms. The van der Waals surface area contributed by atoms with Crippen LogP contribution < -0.4 is 10.2 Å². The van der Waals surface area contributed by atoms with Crippen LogP contribution in [0, 0.1) is 17.0 Å². The van der Waals surface area contributed by atoms with Gasteiger partial charge in [0.15, 0.2) is 5.76 Å². The van der Waals surface area contributed by atoms with Gasteiger partial charge in [-0.25, -0.2) is 4.98 Å². The SMILES string of the molecule is Cc1nc2cc(NC(=O)c3ccc([N+](=O)[O-])o3)c(N3CCOCC3)cc2n1C(C)(C)C. The molecule has 4 rings (SSSR count). The molecule has 0 radical (unpaired) electrons. The molecular weight excluding hydrogens is 402 g/mol. The van der Waals surface area contributed by atoms with Gasteiger partial charge in [0.05, 0.1) is 41.7 Å². The zero-order valence-corrected chi connectivity index (χ0v) is 18.0. The number of ether oxygens (including phenoxy) is 1. The molecule has 1 aliphatic heterocycles. The lowest BCUT2D eigenvalue weighted by Crippen LogP contribution is -2.37. The minimum atomic E-state index is -0.677. The maximum atomic E-state index is 12.8. The standard InChI is InChI=1S/C21H25N5O5/c1-13-22-15-11-14(23-20(27)18-5-6-19(31-18)26(28)29)16(24-7-9-30-10-8-24)12-17(15)25(13)21(2,3)4/h5-6,11-12H,7-10H2,1-4H3,(H,23,27). The highest BCUT2D eigenvalue weighted by molar-refractivity contribution is 6.06. The van der Waals surface area contributed by atoms with E-state index in [0.29, 0.717) is 32.0 Å². The molecule has 0 aliphatic carbocycles. The average molecular weight is 427 g/mol. The molecule has 0 bridgehead atoms. The Labute approximate surface area is 178 Å². The van der Waals surface area contributed by atoms with Gasteiger partial charge in [-0.1, -0.05) is 0 Å². The topological polar surface area (TPSA) is 116 Å². The first-order valence-corrected chi connectivity index (χ1v) is 10.1. The van der Waals surface area contributed by atoms with Crippen molar-refractivity contribution in [3.05, 3.63) is 46.0 Å². The summed E-state index contributed by atoms with van der Waals surface area (Å²) in [5, 5.41) is 13.7. The first-order valence-electron chi connectivity index (χ1n) is 10.1. The second kappa shape index (κ2) is 7.69. The molecule has 0 unspecified atom stereocenters. The lowest BCUT2D eigenvalue weighted by Gasteiger charge is -2.31. The van der Waals surface area contributed by atoms with Gasteiger partial charge in [-0.15, -0.1) is 0 Å². The van der Waals surface area contributed by atoms with Crippen molar-refractivity contribution in [2.24, 2.45) is 0 Å². The third kappa shape index (κ3) is 3.98. The average Bonchev–Trinajstić information content (AvgIpc) is 3.31. The largest absolute Gasteiger partial charge is 0.433 e. The highest BCUT2D eigenvalue weighted by Crippen LogP contribution is 2.35. The van der Waals surface area contributed by atoms with E-state index < -0.39 is 16.7 Å². The molecule has 31 heavy (non-hydrogen) atoms. The van der Waals surface area contributed by atoms with Gasteiger partial charge in [0.2, 0.25) is 0 Å². The molecule has 1 fully saturated rings. The molecule has 3 aromatic rings. The monoisotopic (exact) mass is 427 g/mol. The highest BCUT2D eigenvalue weighted by Gasteiger charge is 2.25. The summed E-state index contributed by atoms with van der Waals surface area (Å²) < 4.78 is 12.7. The minimum absolute atomic E-state index is 0.129. The number of hydrogen-bond donors (Lipinski definition) is 1. The van der Waals surface area contributed by atoms with E-state index in [1.165, 1.54) is 6.07 Å². The zero-order valence-electron chi connectivity index (χ0n) is 18.0. The van der Waals surface area contributed by atoms with Crippen molar-refractivity contribution in [1.29, 1.82) is 0 Å². The third-order valence-electron chi connectivity index (χ3n) is 5.21. The lowest BCUT2D eigenvalue weighted by atomic mass is 10.1. The van der Waals surface area contributed by atoms with Crippen molar-refractivity contribution in [3.8, 4) is 0 Å². The van der Waals surface area contributed by atoms with Crippen LogP contribution in [0.2, 0.25) is 0 Å². The third-order valence-corrected chi connectivity index (χ3v) is 5.21. The van der Waals surface area contributed by atoms with Crippen LogP contribution in [0.4, 0.5) is 17.3 Å². The lowest BCUT2D eigenvalue weighted by molar-refractivity contribution is -0.402. The number of aryl methyl sites for hydroxylation is 1. The van der Waals surface area contributed by atoms with Crippen LogP contribution in [0.5, 0.6) is 0 Å². The fraction of sp³-hybridized carbons (Fsp3) is 0.429. The van der Waals surface area contributed by atoms with Crippen LogP contribution in [0.1, 0.15) is 37.2 Å². The number of rotatable bonds is 4. The van der Waals surface area contributed by atoms with Crippen LogP contribution in [-0.4, -0.2) is 46.7 Å². The number of nitrogens with zero attached hydrogens (tertiary/aromatic N) is 4. The van der Waals surface area contributed by atoms with Crippen LogP contribution in [0.25, 0.3) is 11.0 Å². The molecule has 0 spiro atoms. The van der Waals surface area contributed by atoms with Crippen LogP contribution in [0.15, 0.2) is 28.7 Å². The number of nitro groups is 1. The van der Waals surface area contributed by atoms with Gasteiger partial charge in [-0.2, -0.15) is 0 Å². The molecule has 1 saturated heterocycles. The van der Waals surface area contributed by atoms with Crippen LogP contribution >= 0.6 is 0 Å². The first-order chi connectivity index (χ1) is 14.6. The molecule has 0 atom stereocenters. The molecule has 0 saturated carbocycles. The summed E-state index contributed by atoms with van der Waals surface area (Å²) in [6.07, 6.45) is 0. The number of amides is 1. The predicted octanol–water partition coefficient (Wildman–Crippen LogP) is 3.69. The van der Waals surface area contributed by atoms with E-state index in [4.69, 9.17) is 9.15 Å². The maximum Gasteiger partial charge on any atom is 0.433 e. The summed E-state index contributed by atoms with van der Waals surface area (Å²) in [5.74, 6) is -0.292. The van der Waals surface area contributed by atoms with Gasteiger partial charge in [0.1, 0.15) is 10.7 Å². The quantitative estimate of drug-likeness (QED) is 0.499. The Kier molecular flexibility index (Phi) is 5.18. The molecule has 1 N–H and O–H groups in total. The predicted molar refractivity (Wildman–Crippen MR) is 116 cm³/mol. The van der Waals surface area contributed by atoms with Crippen molar-refractivity contribution < 1.29 is 18.9 Å². The fourth-order valence-corrected chi connectivity index (χ4v) is 3.98. The molecule has 2 aromatic heterocycles. The van der Waals surface area contributed by atoms with Gasteiger partial charge in [-0.3, -0.25) is 14.9 Å². The molecular formula is C21H25N5O5. The number of imidazole rings is 1. The molecule has 1 aromatic carbocycles. The summed E-state index contributed by atoms with van der Waals surface area (Å²) in [4.78, 5) is 29.8. The van der Waals surface area contributed by atoms with E-state index in [0.717, 1.165) is 28.6 Å². The fourth-order valence-electron chi connectivity index (χ4n) is 3.98. The van der Waals surface area contributed by atoms with E-state index >= 15 is 0 Å². The second-order valence-corrected chi connectivity index (χ2v) is 8.47. The molecule has 164 valence electrons. The van der Waals surface area contributed by atoms with E-state index in [1.807, 2.05) is 19.1 Å². The number of morpholine rings is 1. The number of nitrogens with one attached hydrogen (secondary N) is 1. The number of anilines is 2. The van der Waals surface area contributed by atoms with Crippen molar-refractivity contribution >= 4 is 34.2 Å². The summed E-state index contributed by atoms with van der Waals surface area (Å²) in [6, 6.07) is 6.32. The Morgan fingerprint density at radius 2 is 1.94 bits per heavy atom. The normalized spacial score (nSPS) is 14.8. The minimum Gasteiger partial charge on any atom is -0.395 e. The van der Waals surface area contributed by atoms with Crippen molar-refractivity contribution in [2.45, 2.75) is 33.2 Å². The highest BCUT2D eigenvalue weighted by atomic mass is 16.6. The second-order valence-electron chi connectivity index (χ2n) is 8.47. The zero-order chi connectivity index (χ0) is 22.3. The molecule has 3 heterocycles. The van der Waals surface area contributed by atoms with E-state index in [1.54, 1.807) is 0 Å². The Bertz CT molecular complexity index is 1150. The number of carbonyl (C=O) groups is 1. The summed E-state index contributed by atoms with van der Waals surface area (Å²) in [7, 11) is 0. The Morgan fingerprint density at radius 1 is 1.23 bits per heavy atom. The number of benzene rings is 1. The number of fused-ring (bicyclic) bond motifs is 1. The molecule has 1 amide bonds. The number of furan rings is 1. The van der Waals surface area contributed by atoms with Gasteiger partial charge >= 0.3 is 5.88 Å². The van der Waals surface area contributed by atoms with E-state index in [2.05, 4.69) is 40.5 Å². The van der Waals surface area contributed by atoms with Crippen LogP contribution in [-0.2, 0) is 10.3 Å². The van der Waals surface area contributed by atoms with E-state index in [9.17, 15) is 14.9 Å². The smallest absolute Gasteiger partial charge is 0.395 e. The Hall–Kier alpha value is -3.40. The van der Waals surface area contributed by atoms with Crippen LogP contribution in [0.3, 0.4) is 0 Å². The Morgan fingerprint density at radius 3 is 2.55 bits per heavy atom. The van der Waals surface area contributed by atoms with Gasteiger partial charge in [0, 0.05) is 18.6 Å². The van der Waals surface area contributed by atoms with Crippen molar-refractivity contribution in [3.63, 3.8) is 0 Å². The molecule has 1 aliphatic rings. The maximum absolute atomic E-state index is 12.8. The van der Waals surface area contributed by atoms with Gasteiger partial charge < -0.3 is 23.9 Å². The first kappa shape index (κ1) is 20.9. The number of carbonyl (C=O) groups excluding carboxylic acids is 1. The Balaban J connectivity index is 1.78.